The molecule has 0 radical (unpaired) electrons. The van der Waals surface area contributed by atoms with Crippen LogP contribution in [-0.2, 0) is 15.0 Å². The highest BCUT2D eigenvalue weighted by Gasteiger charge is 2.28. The number of benzene rings is 1. The van der Waals surface area contributed by atoms with Gasteiger partial charge in [0.05, 0.1) is 0 Å². The molecule has 0 amide bonds. The second-order valence-electron chi connectivity index (χ2n) is 5.66. The molecule has 0 saturated heterocycles. The van der Waals surface area contributed by atoms with Crippen LogP contribution in [0.5, 0.6) is 11.5 Å². The summed E-state index contributed by atoms with van der Waals surface area (Å²) in [5, 5.41) is 18.6. The topological polar surface area (TPSA) is 100 Å². The van der Waals surface area contributed by atoms with Crippen molar-refractivity contribution < 1.29 is 19.1 Å². The summed E-state index contributed by atoms with van der Waals surface area (Å²) in [6.07, 6.45) is 0. The van der Waals surface area contributed by atoms with Gasteiger partial charge in [0, 0.05) is 19.4 Å². The number of rotatable bonds is 2. The zero-order valence-corrected chi connectivity index (χ0v) is 13.1. The Labute approximate surface area is 128 Å². The summed E-state index contributed by atoms with van der Waals surface area (Å²) in [6, 6.07) is 5.13. The molecule has 0 heterocycles. The molecule has 0 spiro atoms. The van der Waals surface area contributed by atoms with Gasteiger partial charge in [0.1, 0.15) is 23.3 Å². The van der Waals surface area contributed by atoms with Crippen molar-refractivity contribution in [2.75, 3.05) is 0 Å². The number of carbonyl (C=O) groups excluding carboxylic acids is 2. The molecule has 1 rings (SSSR count). The zero-order valence-electron chi connectivity index (χ0n) is 13.1. The van der Waals surface area contributed by atoms with Crippen LogP contribution in [0.1, 0.15) is 51.3 Å². The van der Waals surface area contributed by atoms with Gasteiger partial charge < -0.3 is 9.47 Å². The fraction of sp³-hybridized carbons (Fsp3) is 0.375. The Kier molecular flexibility index (Phi) is 4.90. The van der Waals surface area contributed by atoms with Gasteiger partial charge in [-0.2, -0.15) is 10.5 Å². The van der Waals surface area contributed by atoms with E-state index in [2.05, 4.69) is 0 Å². The van der Waals surface area contributed by atoms with Crippen molar-refractivity contribution in [1.29, 1.82) is 10.5 Å². The van der Waals surface area contributed by atoms with Crippen molar-refractivity contribution >= 4 is 11.9 Å². The van der Waals surface area contributed by atoms with Crippen LogP contribution >= 0.6 is 0 Å². The number of hydrogen-bond donors (Lipinski definition) is 0. The molecule has 0 fully saturated rings. The molecule has 0 N–H and O–H groups in total. The van der Waals surface area contributed by atoms with Gasteiger partial charge in [-0.1, -0.05) is 20.8 Å². The summed E-state index contributed by atoms with van der Waals surface area (Å²) >= 11 is 0. The summed E-state index contributed by atoms with van der Waals surface area (Å²) in [7, 11) is 0. The molecule has 6 heteroatoms. The molecular weight excluding hydrogens is 284 g/mol. The predicted molar refractivity (Wildman–Crippen MR) is 77.2 cm³/mol. The number of ether oxygens (including phenoxy) is 2. The zero-order chi connectivity index (χ0) is 17.1. The molecule has 0 aliphatic heterocycles. The highest BCUT2D eigenvalue weighted by molar-refractivity contribution is 5.76. The first-order valence-electron chi connectivity index (χ1n) is 6.50. The lowest BCUT2D eigenvalue weighted by atomic mass is 9.84. The van der Waals surface area contributed by atoms with Gasteiger partial charge in [-0.3, -0.25) is 9.59 Å². The number of hydrogen-bond acceptors (Lipinski definition) is 6. The molecule has 0 aliphatic rings. The van der Waals surface area contributed by atoms with Crippen LogP contribution in [0.25, 0.3) is 0 Å². The SMILES string of the molecule is CC(=O)Oc1cc(C(C)(C)C)c(OC(C)=O)c(C#N)c1C#N. The smallest absolute Gasteiger partial charge is 0.308 e. The Morgan fingerprint density at radius 2 is 1.50 bits per heavy atom. The molecule has 0 aliphatic carbocycles. The van der Waals surface area contributed by atoms with Crippen molar-refractivity contribution in [3.05, 3.63) is 22.8 Å². The number of carbonyl (C=O) groups is 2. The van der Waals surface area contributed by atoms with Crippen molar-refractivity contribution in [3.8, 4) is 23.6 Å². The van der Waals surface area contributed by atoms with Crippen molar-refractivity contribution in [3.63, 3.8) is 0 Å². The number of nitriles is 2. The van der Waals surface area contributed by atoms with Gasteiger partial charge in [-0.25, -0.2) is 0 Å². The third-order valence-corrected chi connectivity index (χ3v) is 2.77. The van der Waals surface area contributed by atoms with E-state index in [0.717, 1.165) is 0 Å². The maximum absolute atomic E-state index is 11.3. The quantitative estimate of drug-likeness (QED) is 0.614. The third-order valence-electron chi connectivity index (χ3n) is 2.77. The molecule has 114 valence electrons. The Hall–Kier alpha value is -2.86. The van der Waals surface area contributed by atoms with Crippen LogP contribution < -0.4 is 9.47 Å². The van der Waals surface area contributed by atoms with E-state index in [1.165, 1.54) is 19.9 Å². The maximum atomic E-state index is 11.3. The molecule has 0 atom stereocenters. The van der Waals surface area contributed by atoms with Crippen LogP contribution in [0.15, 0.2) is 6.07 Å². The molecule has 0 bridgehead atoms. The maximum Gasteiger partial charge on any atom is 0.308 e. The molecule has 6 nitrogen and oxygen atoms in total. The fourth-order valence-corrected chi connectivity index (χ4v) is 1.90. The van der Waals surface area contributed by atoms with Crippen LogP contribution in [-0.4, -0.2) is 11.9 Å². The minimum absolute atomic E-state index is 0.0209. The minimum Gasteiger partial charge on any atom is -0.425 e. The Morgan fingerprint density at radius 1 is 1.00 bits per heavy atom. The second-order valence-corrected chi connectivity index (χ2v) is 5.66. The van der Waals surface area contributed by atoms with Crippen LogP contribution in [0.3, 0.4) is 0 Å². The first kappa shape index (κ1) is 17.2. The average molecular weight is 300 g/mol. The van der Waals surface area contributed by atoms with Gasteiger partial charge in [-0.15, -0.1) is 0 Å². The predicted octanol–water partition coefficient (Wildman–Crippen LogP) is 2.58. The van der Waals surface area contributed by atoms with E-state index in [9.17, 15) is 20.1 Å². The summed E-state index contributed by atoms with van der Waals surface area (Å²) in [5.74, 6) is -1.21. The molecule has 0 unspecified atom stereocenters. The van der Waals surface area contributed by atoms with Crippen molar-refractivity contribution in [2.24, 2.45) is 0 Å². The first-order chi connectivity index (χ1) is 10.1. The Balaban J connectivity index is 3.82. The second kappa shape index (κ2) is 6.28. The molecular formula is C16H16N2O4. The van der Waals surface area contributed by atoms with E-state index in [1.54, 1.807) is 0 Å². The normalized spacial score (nSPS) is 10.3. The van der Waals surface area contributed by atoms with E-state index in [4.69, 9.17) is 9.47 Å². The van der Waals surface area contributed by atoms with Gasteiger partial charge >= 0.3 is 11.9 Å². The average Bonchev–Trinajstić information content (AvgIpc) is 2.36. The lowest BCUT2D eigenvalue weighted by molar-refractivity contribution is -0.133. The van der Waals surface area contributed by atoms with Crippen LogP contribution in [0, 0.1) is 22.7 Å². The van der Waals surface area contributed by atoms with Crippen molar-refractivity contribution in [1.82, 2.24) is 0 Å². The lowest BCUT2D eigenvalue weighted by Gasteiger charge is -2.24. The molecule has 1 aromatic rings. The highest BCUT2D eigenvalue weighted by atomic mass is 16.5. The highest BCUT2D eigenvalue weighted by Crippen LogP contribution is 2.40. The Bertz CT molecular complexity index is 716. The molecule has 22 heavy (non-hydrogen) atoms. The summed E-state index contributed by atoms with van der Waals surface area (Å²) < 4.78 is 10.2. The minimum atomic E-state index is -0.611. The van der Waals surface area contributed by atoms with E-state index >= 15 is 0 Å². The van der Waals surface area contributed by atoms with Gasteiger partial charge in [0.2, 0.25) is 0 Å². The van der Waals surface area contributed by atoms with E-state index in [1.807, 2.05) is 32.9 Å². The van der Waals surface area contributed by atoms with Gasteiger partial charge in [0.15, 0.2) is 11.5 Å². The number of nitrogens with zero attached hydrogens (tertiary/aromatic N) is 2. The first-order valence-corrected chi connectivity index (χ1v) is 6.50. The van der Waals surface area contributed by atoms with E-state index in [0.29, 0.717) is 5.56 Å². The van der Waals surface area contributed by atoms with Gasteiger partial charge in [0.25, 0.3) is 0 Å². The van der Waals surface area contributed by atoms with E-state index < -0.39 is 17.4 Å². The monoisotopic (exact) mass is 300 g/mol. The summed E-state index contributed by atoms with van der Waals surface area (Å²) in [4.78, 5) is 22.5. The summed E-state index contributed by atoms with van der Waals surface area (Å²) in [6.45, 7) is 7.95. The fourth-order valence-electron chi connectivity index (χ4n) is 1.90. The van der Waals surface area contributed by atoms with Crippen molar-refractivity contribution in [2.45, 2.75) is 40.0 Å². The van der Waals surface area contributed by atoms with E-state index in [-0.39, 0.29) is 22.6 Å². The van der Waals surface area contributed by atoms with Crippen LogP contribution in [0.4, 0.5) is 0 Å². The summed E-state index contributed by atoms with van der Waals surface area (Å²) in [5.41, 5.74) is -0.267. The Morgan fingerprint density at radius 3 is 1.86 bits per heavy atom. The lowest BCUT2D eigenvalue weighted by Crippen LogP contribution is -2.18. The van der Waals surface area contributed by atoms with Gasteiger partial charge in [-0.05, 0) is 11.5 Å². The largest absolute Gasteiger partial charge is 0.425 e. The van der Waals surface area contributed by atoms with Crippen LogP contribution in [0.2, 0.25) is 0 Å². The molecule has 0 aromatic heterocycles. The number of esters is 2. The molecule has 0 saturated carbocycles. The third kappa shape index (κ3) is 3.62. The molecule has 1 aromatic carbocycles. The standard InChI is InChI=1S/C16H16N2O4/c1-9(19)21-14-6-13(16(3,4)5)15(22-10(2)20)12(8-18)11(14)7-17/h6H,1-5H3.